The Kier molecular flexibility index (Phi) is 5.16. The Morgan fingerprint density at radius 1 is 1.15 bits per heavy atom. The summed E-state index contributed by atoms with van der Waals surface area (Å²) in [4.78, 5) is 25.7. The average molecular weight is 355 g/mol. The largest absolute Gasteiger partial charge is 0.481 e. The van der Waals surface area contributed by atoms with E-state index in [1.54, 1.807) is 19.1 Å². The second kappa shape index (κ2) is 7.36. The molecule has 1 fully saturated rings. The number of hydrogen-bond acceptors (Lipinski definition) is 3. The Balaban J connectivity index is 1.99. The lowest BCUT2D eigenvalue weighted by Crippen LogP contribution is -2.37. The van der Waals surface area contributed by atoms with Crippen LogP contribution in [0.1, 0.15) is 44.6 Å². The summed E-state index contributed by atoms with van der Waals surface area (Å²) >= 11 is 0. The number of allylic oxidation sites excluding steroid dienone is 1. The minimum Gasteiger partial charge on any atom is -0.481 e. The number of hydrogen-bond donors (Lipinski definition) is 2. The molecule has 2 aliphatic carbocycles. The van der Waals surface area contributed by atoms with E-state index in [0.717, 1.165) is 31.2 Å². The van der Waals surface area contributed by atoms with Crippen molar-refractivity contribution >= 4 is 11.9 Å². The molecule has 0 bridgehead atoms. The fraction of sp³-hybridized carbons (Fsp3) is 0.429. The van der Waals surface area contributed by atoms with Crippen LogP contribution in [0.25, 0.3) is 0 Å². The summed E-state index contributed by atoms with van der Waals surface area (Å²) in [6.45, 7) is 2.20. The van der Waals surface area contributed by atoms with E-state index in [1.807, 2.05) is 30.3 Å². The average Bonchev–Trinajstić information content (AvgIpc) is 3.15. The fourth-order valence-corrected chi connectivity index (χ4v) is 3.89. The summed E-state index contributed by atoms with van der Waals surface area (Å²) in [5, 5.41) is 19.3. The van der Waals surface area contributed by atoms with Crippen LogP contribution in [-0.2, 0) is 16.1 Å². The third kappa shape index (κ3) is 3.66. The van der Waals surface area contributed by atoms with Gasteiger partial charge in [-0.1, -0.05) is 49.2 Å². The molecule has 2 N–H and O–H groups in total. The van der Waals surface area contributed by atoms with Gasteiger partial charge in [0.25, 0.3) is 0 Å². The molecule has 5 nitrogen and oxygen atoms in total. The first-order valence-corrected chi connectivity index (χ1v) is 9.10. The van der Waals surface area contributed by atoms with E-state index in [0.29, 0.717) is 18.3 Å². The van der Waals surface area contributed by atoms with Crippen LogP contribution in [0, 0.1) is 5.41 Å². The molecule has 1 saturated carbocycles. The summed E-state index contributed by atoms with van der Waals surface area (Å²) in [6, 6.07) is 10.3. The van der Waals surface area contributed by atoms with Crippen molar-refractivity contribution in [2.45, 2.75) is 51.6 Å². The molecule has 0 amide bonds. The van der Waals surface area contributed by atoms with Gasteiger partial charge in [-0.25, -0.2) is 4.79 Å². The monoisotopic (exact) mass is 355 g/mol. The van der Waals surface area contributed by atoms with Crippen LogP contribution in [0.2, 0.25) is 0 Å². The summed E-state index contributed by atoms with van der Waals surface area (Å²) < 4.78 is 0. The lowest BCUT2D eigenvalue weighted by Gasteiger charge is -2.37. The maximum Gasteiger partial charge on any atom is 0.333 e. The van der Waals surface area contributed by atoms with E-state index in [1.165, 1.54) is 0 Å². The molecule has 3 rings (SSSR count). The number of carboxylic acid groups (broad SMARTS) is 2. The lowest BCUT2D eigenvalue weighted by molar-refractivity contribution is -0.145. The van der Waals surface area contributed by atoms with Crippen LogP contribution >= 0.6 is 0 Å². The van der Waals surface area contributed by atoms with Crippen molar-refractivity contribution in [3.8, 4) is 0 Å². The molecule has 5 heteroatoms. The van der Waals surface area contributed by atoms with E-state index in [9.17, 15) is 19.8 Å². The molecule has 2 aliphatic rings. The summed E-state index contributed by atoms with van der Waals surface area (Å²) in [7, 11) is 0. The number of aliphatic carboxylic acids is 2. The third-order valence-electron chi connectivity index (χ3n) is 5.48. The molecule has 0 aromatic heterocycles. The molecular weight excluding hydrogens is 330 g/mol. The number of rotatable bonds is 6. The van der Waals surface area contributed by atoms with Crippen LogP contribution < -0.4 is 0 Å². The van der Waals surface area contributed by atoms with Crippen molar-refractivity contribution in [3.63, 3.8) is 0 Å². The van der Waals surface area contributed by atoms with Gasteiger partial charge >= 0.3 is 11.9 Å². The van der Waals surface area contributed by atoms with Crippen LogP contribution in [0.5, 0.6) is 0 Å². The van der Waals surface area contributed by atoms with Gasteiger partial charge in [0.05, 0.1) is 11.0 Å². The molecule has 0 aliphatic heterocycles. The fourth-order valence-electron chi connectivity index (χ4n) is 3.89. The Labute approximate surface area is 153 Å². The highest BCUT2D eigenvalue weighted by atomic mass is 16.4. The Morgan fingerprint density at radius 2 is 1.81 bits per heavy atom. The van der Waals surface area contributed by atoms with Gasteiger partial charge in [0.2, 0.25) is 0 Å². The predicted molar refractivity (Wildman–Crippen MR) is 98.4 cm³/mol. The molecule has 0 heterocycles. The van der Waals surface area contributed by atoms with E-state index in [4.69, 9.17) is 0 Å². The first kappa shape index (κ1) is 18.2. The Hall–Kier alpha value is -2.56. The van der Waals surface area contributed by atoms with Gasteiger partial charge in [-0.3, -0.25) is 4.79 Å². The summed E-state index contributed by atoms with van der Waals surface area (Å²) in [5.74, 6) is -2.03. The first-order valence-electron chi connectivity index (χ1n) is 9.10. The molecule has 1 unspecified atom stereocenters. The zero-order chi connectivity index (χ0) is 18.7. The molecular formula is C21H25NO4. The van der Waals surface area contributed by atoms with Crippen molar-refractivity contribution in [2.75, 3.05) is 0 Å². The minimum absolute atomic E-state index is 0.00150. The second-order valence-electron chi connectivity index (χ2n) is 7.45. The maximum absolute atomic E-state index is 11.9. The standard InChI is InChI=1S/C21H25NO4/c1-21(20(25)26)12-11-18(17(13-21)19(23)24)22(16-9-5-6-10-16)14-15-7-3-2-4-8-15/h2-4,7-8,11-12,16H,5-6,9-10,13-14H2,1H3,(H,23,24)(H,25,26). The molecule has 1 aromatic carbocycles. The minimum atomic E-state index is -1.18. The van der Waals surface area contributed by atoms with Gasteiger partial charge in [-0.05, 0) is 31.4 Å². The van der Waals surface area contributed by atoms with Crippen molar-refractivity contribution in [1.82, 2.24) is 4.90 Å². The van der Waals surface area contributed by atoms with Crippen LogP contribution in [-0.4, -0.2) is 33.1 Å². The maximum atomic E-state index is 11.9. The topological polar surface area (TPSA) is 77.8 Å². The molecule has 0 spiro atoms. The zero-order valence-electron chi connectivity index (χ0n) is 15.0. The number of carboxylic acids is 2. The van der Waals surface area contributed by atoms with E-state index in [-0.39, 0.29) is 12.0 Å². The summed E-state index contributed by atoms with van der Waals surface area (Å²) in [6.07, 6.45) is 7.71. The molecule has 0 radical (unpaired) electrons. The van der Waals surface area contributed by atoms with E-state index in [2.05, 4.69) is 4.90 Å². The molecule has 0 saturated heterocycles. The van der Waals surface area contributed by atoms with Gasteiger partial charge in [0, 0.05) is 24.7 Å². The van der Waals surface area contributed by atoms with Crippen molar-refractivity contribution < 1.29 is 19.8 Å². The van der Waals surface area contributed by atoms with Crippen molar-refractivity contribution in [3.05, 3.63) is 59.3 Å². The van der Waals surface area contributed by atoms with Crippen molar-refractivity contribution in [1.29, 1.82) is 0 Å². The molecule has 26 heavy (non-hydrogen) atoms. The van der Waals surface area contributed by atoms with Crippen molar-refractivity contribution in [2.24, 2.45) is 5.41 Å². The zero-order valence-corrected chi connectivity index (χ0v) is 15.0. The van der Waals surface area contributed by atoms with Gasteiger partial charge in [-0.15, -0.1) is 0 Å². The highest BCUT2D eigenvalue weighted by molar-refractivity contribution is 5.91. The van der Waals surface area contributed by atoms with Crippen LogP contribution in [0.4, 0.5) is 0 Å². The lowest BCUT2D eigenvalue weighted by atomic mass is 9.78. The Bertz CT molecular complexity index is 747. The third-order valence-corrected chi connectivity index (χ3v) is 5.48. The van der Waals surface area contributed by atoms with E-state index >= 15 is 0 Å². The van der Waals surface area contributed by atoms with Gasteiger partial charge < -0.3 is 15.1 Å². The van der Waals surface area contributed by atoms with Gasteiger partial charge in [-0.2, -0.15) is 0 Å². The quantitative estimate of drug-likeness (QED) is 0.811. The number of nitrogens with zero attached hydrogens (tertiary/aromatic N) is 1. The number of carbonyl (C=O) groups is 2. The highest BCUT2D eigenvalue weighted by Crippen LogP contribution is 2.38. The Morgan fingerprint density at radius 3 is 2.38 bits per heavy atom. The normalized spacial score (nSPS) is 23.3. The number of benzene rings is 1. The van der Waals surface area contributed by atoms with Crippen LogP contribution in [0.3, 0.4) is 0 Å². The van der Waals surface area contributed by atoms with Gasteiger partial charge in [0.1, 0.15) is 0 Å². The SMILES string of the molecule is CC1(C(=O)O)C=CC(N(Cc2ccccc2)C2CCCC2)=C(C(=O)O)C1. The van der Waals surface area contributed by atoms with Gasteiger partial charge in [0.15, 0.2) is 0 Å². The van der Waals surface area contributed by atoms with E-state index < -0.39 is 17.4 Å². The molecule has 1 aromatic rings. The first-order chi connectivity index (χ1) is 12.4. The molecule has 138 valence electrons. The summed E-state index contributed by atoms with van der Waals surface area (Å²) in [5.41, 5.74) is 0.800. The predicted octanol–water partition coefficient (Wildman–Crippen LogP) is 3.82. The molecule has 1 atom stereocenters. The van der Waals surface area contributed by atoms with Crippen LogP contribution in [0.15, 0.2) is 53.8 Å². The highest BCUT2D eigenvalue weighted by Gasteiger charge is 2.39. The second-order valence-corrected chi connectivity index (χ2v) is 7.45. The smallest absolute Gasteiger partial charge is 0.333 e.